The fraction of sp³-hybridized carbons (Fsp3) is 0.269. The lowest BCUT2D eigenvalue weighted by molar-refractivity contribution is -0.110. The van der Waals surface area contributed by atoms with Crippen molar-refractivity contribution in [1.82, 2.24) is 0 Å². The van der Waals surface area contributed by atoms with Crippen molar-refractivity contribution in [3.8, 4) is 0 Å². The highest BCUT2D eigenvalue weighted by Crippen LogP contribution is 2.52. The fourth-order valence-electron chi connectivity index (χ4n) is 4.91. The summed E-state index contributed by atoms with van der Waals surface area (Å²) < 4.78 is 0. The topological polar surface area (TPSA) is 65.0 Å². The Hall–Kier alpha value is -3.10. The Bertz CT molecular complexity index is 1320. The molecule has 2 atom stereocenters. The zero-order valence-electron chi connectivity index (χ0n) is 18.9. The summed E-state index contributed by atoms with van der Waals surface area (Å²) in [5, 5.41) is 10.3. The molecule has 1 amide bonds. The summed E-state index contributed by atoms with van der Waals surface area (Å²) in [6, 6.07) is 19.4. The quantitative estimate of drug-likeness (QED) is 0.511. The van der Waals surface area contributed by atoms with Crippen molar-refractivity contribution < 1.29 is 9.59 Å². The van der Waals surface area contributed by atoms with Gasteiger partial charge in [-0.3, -0.25) is 14.5 Å². The average Bonchev–Trinajstić information content (AvgIpc) is 3.39. The molecule has 8 heteroatoms. The van der Waals surface area contributed by atoms with E-state index >= 15 is 0 Å². The van der Waals surface area contributed by atoms with Crippen molar-refractivity contribution in [2.75, 3.05) is 15.2 Å². The molecule has 0 fully saturated rings. The molecule has 2 aromatic carbocycles. The van der Waals surface area contributed by atoms with E-state index in [4.69, 9.17) is 5.10 Å². The number of rotatable bonds is 3. The second kappa shape index (κ2) is 7.99. The zero-order valence-corrected chi connectivity index (χ0v) is 20.6. The average molecular weight is 489 g/mol. The summed E-state index contributed by atoms with van der Waals surface area (Å²) in [7, 11) is 0. The fourth-order valence-corrected chi connectivity index (χ4v) is 7.62. The SMILES string of the molecule is CC(=O)C1=NN(c2ccccc2)[C@@]2(Nc3sc4c(c3C(=O)N2c2ccccc2)CC[C@H](C)C4)S1. The van der Waals surface area contributed by atoms with Crippen molar-refractivity contribution in [2.45, 2.75) is 38.2 Å². The Morgan fingerprint density at radius 2 is 1.76 bits per heavy atom. The number of hydrogen-bond acceptors (Lipinski definition) is 7. The summed E-state index contributed by atoms with van der Waals surface area (Å²) in [4.78, 5) is 29.9. The second-order valence-corrected chi connectivity index (χ2v) is 11.2. The smallest absolute Gasteiger partial charge is 0.274 e. The van der Waals surface area contributed by atoms with Crippen molar-refractivity contribution in [1.29, 1.82) is 0 Å². The molecule has 3 aromatic rings. The van der Waals surface area contributed by atoms with Crippen LogP contribution in [0.1, 0.15) is 41.1 Å². The van der Waals surface area contributed by atoms with E-state index in [1.54, 1.807) is 21.2 Å². The number of carbonyl (C=O) groups is 2. The molecule has 0 saturated carbocycles. The predicted octanol–water partition coefficient (Wildman–Crippen LogP) is 5.71. The minimum atomic E-state index is -1.13. The van der Waals surface area contributed by atoms with Gasteiger partial charge in [0.1, 0.15) is 5.00 Å². The van der Waals surface area contributed by atoms with Gasteiger partial charge in [0.15, 0.2) is 10.8 Å². The normalized spacial score (nSPS) is 23.4. The van der Waals surface area contributed by atoms with Crippen LogP contribution in [0.15, 0.2) is 65.8 Å². The molecule has 0 radical (unpaired) electrons. The Morgan fingerprint density at radius 3 is 2.44 bits per heavy atom. The van der Waals surface area contributed by atoms with Crippen LogP contribution in [-0.2, 0) is 17.6 Å². The highest BCUT2D eigenvalue weighted by Gasteiger charge is 2.57. The van der Waals surface area contributed by atoms with Crippen molar-refractivity contribution in [2.24, 2.45) is 11.0 Å². The van der Waals surface area contributed by atoms with Gasteiger partial charge in [0, 0.05) is 17.5 Å². The minimum absolute atomic E-state index is 0.0552. The standard InChI is InChI=1S/C26H24N4O2S2/c1-16-13-14-20-21(15-16)33-24-22(20)25(32)29(18-9-5-3-6-10-18)26(27-24)30(19-11-7-4-8-12-19)28-23(34-26)17(2)31/h3-12,16,27H,13-15H2,1-2H3/t16-,26-/m0/s1. The molecule has 34 heavy (non-hydrogen) atoms. The van der Waals surface area contributed by atoms with Crippen LogP contribution in [0.25, 0.3) is 0 Å². The number of para-hydroxylation sites is 2. The molecular weight excluding hydrogens is 464 g/mol. The number of nitrogens with zero attached hydrogens (tertiary/aromatic N) is 3. The summed E-state index contributed by atoms with van der Waals surface area (Å²) in [6.07, 6.45) is 2.99. The number of Topliss-reactive ketones (excluding diaryl/α,β-unsaturated/α-hetero) is 1. The summed E-state index contributed by atoms with van der Waals surface area (Å²) in [6.45, 7) is 3.79. The third-order valence-corrected chi connectivity index (χ3v) is 9.02. The van der Waals surface area contributed by atoms with Crippen LogP contribution in [-0.4, -0.2) is 21.9 Å². The highest BCUT2D eigenvalue weighted by molar-refractivity contribution is 8.17. The Kier molecular flexibility index (Phi) is 5.04. The van der Waals surface area contributed by atoms with Gasteiger partial charge in [-0.1, -0.05) is 43.3 Å². The Balaban J connectivity index is 1.58. The second-order valence-electron chi connectivity index (χ2n) is 8.98. The first kappa shape index (κ1) is 21.4. The zero-order chi connectivity index (χ0) is 23.4. The molecule has 2 aliphatic heterocycles. The van der Waals surface area contributed by atoms with Crippen LogP contribution >= 0.6 is 23.1 Å². The van der Waals surface area contributed by atoms with Crippen LogP contribution in [0.3, 0.4) is 0 Å². The van der Waals surface area contributed by atoms with E-state index in [1.807, 2.05) is 60.7 Å². The molecule has 6 nitrogen and oxygen atoms in total. The summed E-state index contributed by atoms with van der Waals surface area (Å²) in [5.41, 5.74) is 3.49. The predicted molar refractivity (Wildman–Crippen MR) is 140 cm³/mol. The van der Waals surface area contributed by atoms with E-state index < -0.39 is 5.12 Å². The molecular formula is C26H24N4O2S2. The molecule has 0 bridgehead atoms. The first-order chi connectivity index (χ1) is 16.5. The molecule has 1 N–H and O–H groups in total. The third-order valence-electron chi connectivity index (χ3n) is 6.54. The van der Waals surface area contributed by atoms with E-state index in [1.165, 1.54) is 29.1 Å². The number of hydrazone groups is 1. The third kappa shape index (κ3) is 3.20. The number of fused-ring (bicyclic) bond motifs is 3. The van der Waals surface area contributed by atoms with Gasteiger partial charge in [0.2, 0.25) is 0 Å². The number of nitrogens with one attached hydrogen (secondary N) is 1. The molecule has 1 aromatic heterocycles. The number of amides is 1. The lowest BCUT2D eigenvalue weighted by Crippen LogP contribution is -2.65. The van der Waals surface area contributed by atoms with Gasteiger partial charge >= 0.3 is 0 Å². The number of thiophene rings is 1. The summed E-state index contributed by atoms with van der Waals surface area (Å²) >= 11 is 2.96. The number of benzene rings is 2. The number of thioether (sulfide) groups is 1. The molecule has 0 unspecified atom stereocenters. The van der Waals surface area contributed by atoms with Crippen LogP contribution in [0.2, 0.25) is 0 Å². The van der Waals surface area contributed by atoms with E-state index in [9.17, 15) is 9.59 Å². The molecule has 3 heterocycles. The van der Waals surface area contributed by atoms with Gasteiger partial charge in [0.05, 0.1) is 11.3 Å². The lowest BCUT2D eigenvalue weighted by atomic mass is 9.88. The molecule has 172 valence electrons. The number of carbonyl (C=O) groups excluding carboxylic acids is 2. The molecule has 3 aliphatic rings. The van der Waals surface area contributed by atoms with E-state index in [0.29, 0.717) is 11.0 Å². The molecule has 1 spiro atoms. The number of hydrogen-bond donors (Lipinski definition) is 1. The molecule has 1 aliphatic carbocycles. The van der Waals surface area contributed by atoms with E-state index in [-0.39, 0.29) is 11.7 Å². The van der Waals surface area contributed by atoms with Gasteiger partial charge < -0.3 is 5.32 Å². The van der Waals surface area contributed by atoms with Gasteiger partial charge in [-0.25, -0.2) is 5.01 Å². The van der Waals surface area contributed by atoms with Crippen LogP contribution in [0, 0.1) is 5.92 Å². The van der Waals surface area contributed by atoms with Gasteiger partial charge in [0.25, 0.3) is 11.0 Å². The van der Waals surface area contributed by atoms with Crippen molar-refractivity contribution >= 4 is 56.2 Å². The first-order valence-corrected chi connectivity index (χ1v) is 13.1. The first-order valence-electron chi connectivity index (χ1n) is 11.4. The van der Waals surface area contributed by atoms with Crippen LogP contribution in [0.4, 0.5) is 16.4 Å². The maximum absolute atomic E-state index is 14.4. The number of anilines is 3. The monoisotopic (exact) mass is 488 g/mol. The van der Waals surface area contributed by atoms with Gasteiger partial charge in [-0.05, 0) is 66.8 Å². The Labute approximate surface area is 206 Å². The highest BCUT2D eigenvalue weighted by atomic mass is 32.2. The minimum Gasteiger partial charge on any atom is -0.325 e. The Morgan fingerprint density at radius 1 is 1.09 bits per heavy atom. The summed E-state index contributed by atoms with van der Waals surface area (Å²) in [5.74, 6) is 0.423. The maximum atomic E-state index is 14.4. The van der Waals surface area contributed by atoms with Crippen molar-refractivity contribution in [3.63, 3.8) is 0 Å². The van der Waals surface area contributed by atoms with Gasteiger partial charge in [-0.2, -0.15) is 5.10 Å². The molecule has 6 rings (SSSR count). The van der Waals surface area contributed by atoms with E-state index in [0.717, 1.165) is 41.2 Å². The maximum Gasteiger partial charge on any atom is 0.274 e. The van der Waals surface area contributed by atoms with Crippen LogP contribution in [0.5, 0.6) is 0 Å². The van der Waals surface area contributed by atoms with Crippen molar-refractivity contribution in [3.05, 3.63) is 76.7 Å². The molecule has 0 saturated heterocycles. The largest absolute Gasteiger partial charge is 0.325 e. The van der Waals surface area contributed by atoms with Gasteiger partial charge in [-0.15, -0.1) is 11.3 Å². The lowest BCUT2D eigenvalue weighted by Gasteiger charge is -2.47. The van der Waals surface area contributed by atoms with Crippen LogP contribution < -0.4 is 15.2 Å². The number of ketones is 1. The van der Waals surface area contributed by atoms with E-state index in [2.05, 4.69) is 12.2 Å².